The van der Waals surface area contributed by atoms with E-state index in [1.54, 1.807) is 25.3 Å². The molecule has 1 fully saturated rings. The van der Waals surface area contributed by atoms with Gasteiger partial charge in [-0.05, 0) is 43.7 Å². The summed E-state index contributed by atoms with van der Waals surface area (Å²) >= 11 is 0. The topological polar surface area (TPSA) is 64.5 Å². The summed E-state index contributed by atoms with van der Waals surface area (Å²) in [5.41, 5.74) is 0.476. The van der Waals surface area contributed by atoms with Gasteiger partial charge in [-0.15, -0.1) is 0 Å². The number of rotatable bonds is 7. The van der Waals surface area contributed by atoms with E-state index in [1.165, 1.54) is 6.07 Å². The molecule has 0 aliphatic carbocycles. The molecule has 0 radical (unpaired) electrons. The molecular weight excluding hydrogens is 361 g/mol. The van der Waals surface area contributed by atoms with Crippen LogP contribution in [0.3, 0.4) is 0 Å². The quantitative estimate of drug-likeness (QED) is 0.601. The molecule has 6 nitrogen and oxygen atoms in total. The summed E-state index contributed by atoms with van der Waals surface area (Å²) in [7, 11) is 1.66. The summed E-state index contributed by atoms with van der Waals surface area (Å²) in [5, 5.41) is 4.07. The summed E-state index contributed by atoms with van der Waals surface area (Å²) in [6.07, 6.45) is 3.83. The molecule has 3 aromatic rings. The summed E-state index contributed by atoms with van der Waals surface area (Å²) < 4.78 is 30.5. The smallest absolute Gasteiger partial charge is 0.244 e. The second-order valence-corrected chi connectivity index (χ2v) is 7.02. The molecule has 0 N–H and O–H groups in total. The number of halogens is 1. The van der Waals surface area contributed by atoms with Crippen LogP contribution in [0.25, 0.3) is 11.3 Å². The lowest BCUT2D eigenvalue weighted by atomic mass is 10.0. The van der Waals surface area contributed by atoms with Crippen molar-refractivity contribution in [2.45, 2.75) is 38.3 Å². The van der Waals surface area contributed by atoms with Crippen LogP contribution < -0.4 is 0 Å². The van der Waals surface area contributed by atoms with Gasteiger partial charge in [0.2, 0.25) is 5.89 Å². The summed E-state index contributed by atoms with van der Waals surface area (Å²) in [4.78, 5) is 6.84. The van der Waals surface area contributed by atoms with Crippen LogP contribution in [-0.4, -0.2) is 35.3 Å². The van der Waals surface area contributed by atoms with Gasteiger partial charge in [0.25, 0.3) is 0 Å². The number of ether oxygens (including phenoxy) is 1. The molecule has 0 spiro atoms. The molecule has 0 amide bonds. The van der Waals surface area contributed by atoms with Crippen LogP contribution >= 0.6 is 0 Å². The van der Waals surface area contributed by atoms with E-state index in [9.17, 15) is 4.39 Å². The summed E-state index contributed by atoms with van der Waals surface area (Å²) in [5.74, 6) is 2.37. The molecule has 1 aromatic carbocycles. The van der Waals surface area contributed by atoms with Gasteiger partial charge in [-0.1, -0.05) is 23.7 Å². The van der Waals surface area contributed by atoms with E-state index in [4.69, 9.17) is 13.7 Å². The number of likely N-dealkylation sites (tertiary alicyclic amines) is 1. The first-order valence-corrected chi connectivity index (χ1v) is 9.63. The Morgan fingerprint density at radius 3 is 2.96 bits per heavy atom. The Bertz CT molecular complexity index is 908. The molecule has 0 saturated carbocycles. The predicted molar refractivity (Wildman–Crippen MR) is 101 cm³/mol. The van der Waals surface area contributed by atoms with Crippen LogP contribution in [0.1, 0.15) is 42.8 Å². The van der Waals surface area contributed by atoms with Crippen molar-refractivity contribution in [3.8, 4) is 11.3 Å². The van der Waals surface area contributed by atoms with Crippen LogP contribution in [0, 0.1) is 5.82 Å². The van der Waals surface area contributed by atoms with Crippen molar-refractivity contribution in [3.63, 3.8) is 0 Å². The van der Waals surface area contributed by atoms with Crippen molar-refractivity contribution in [3.05, 3.63) is 59.7 Å². The van der Waals surface area contributed by atoms with Gasteiger partial charge in [-0.25, -0.2) is 4.39 Å². The highest BCUT2D eigenvalue weighted by atomic mass is 19.1. The fourth-order valence-electron chi connectivity index (χ4n) is 3.63. The highest BCUT2D eigenvalue weighted by Gasteiger charge is 2.29. The number of methoxy groups -OCH3 is 1. The maximum absolute atomic E-state index is 14.0. The molecule has 1 saturated heterocycles. The largest absolute Gasteiger partial charge is 0.460 e. The lowest BCUT2D eigenvalue weighted by Crippen LogP contribution is -2.33. The minimum Gasteiger partial charge on any atom is -0.460 e. The van der Waals surface area contributed by atoms with Gasteiger partial charge in [0, 0.05) is 13.5 Å². The minimum atomic E-state index is -0.284. The van der Waals surface area contributed by atoms with Gasteiger partial charge >= 0.3 is 0 Å². The Morgan fingerprint density at radius 1 is 1.21 bits per heavy atom. The molecule has 7 heteroatoms. The van der Waals surface area contributed by atoms with Crippen molar-refractivity contribution in [1.29, 1.82) is 0 Å². The van der Waals surface area contributed by atoms with Crippen LogP contribution in [0.2, 0.25) is 0 Å². The van der Waals surface area contributed by atoms with Crippen molar-refractivity contribution in [2.24, 2.45) is 0 Å². The number of furan rings is 1. The van der Waals surface area contributed by atoms with E-state index >= 15 is 0 Å². The normalized spacial score (nSPS) is 17.9. The lowest BCUT2D eigenvalue weighted by Gasteiger charge is -2.32. The first-order valence-electron chi connectivity index (χ1n) is 9.63. The zero-order chi connectivity index (χ0) is 19.3. The van der Waals surface area contributed by atoms with Gasteiger partial charge < -0.3 is 13.7 Å². The number of hydrogen-bond donors (Lipinski definition) is 0. The van der Waals surface area contributed by atoms with Gasteiger partial charge in [0.05, 0.1) is 24.8 Å². The first-order chi connectivity index (χ1) is 13.7. The minimum absolute atomic E-state index is 0.0690. The number of nitrogens with zero attached hydrogens (tertiary/aromatic N) is 3. The zero-order valence-electron chi connectivity index (χ0n) is 15.9. The van der Waals surface area contributed by atoms with Crippen LogP contribution in [0.4, 0.5) is 4.39 Å². The van der Waals surface area contributed by atoms with E-state index in [-0.39, 0.29) is 11.9 Å². The molecule has 28 heavy (non-hydrogen) atoms. The van der Waals surface area contributed by atoms with E-state index in [1.807, 2.05) is 12.1 Å². The molecule has 148 valence electrons. The van der Waals surface area contributed by atoms with Crippen molar-refractivity contribution < 1.29 is 18.1 Å². The highest BCUT2D eigenvalue weighted by molar-refractivity contribution is 5.58. The average molecular weight is 385 g/mol. The van der Waals surface area contributed by atoms with E-state index < -0.39 is 0 Å². The SMILES string of the molecule is COCCc1noc(C2CCCCN2Cc2ccc(-c3ccccc3F)o2)n1. The molecule has 1 aliphatic rings. The van der Waals surface area contributed by atoms with Gasteiger partial charge in [-0.2, -0.15) is 4.98 Å². The van der Waals surface area contributed by atoms with E-state index in [0.717, 1.165) is 31.6 Å². The van der Waals surface area contributed by atoms with Gasteiger partial charge in [-0.3, -0.25) is 4.90 Å². The second-order valence-electron chi connectivity index (χ2n) is 7.02. The standard InChI is InChI=1S/C21H24FN3O3/c1-26-13-11-20-23-21(28-24-20)18-8-4-5-12-25(18)14-15-9-10-19(27-15)16-6-2-3-7-17(16)22/h2-3,6-7,9-10,18H,4-5,8,11-14H2,1H3. The molecule has 3 heterocycles. The number of piperidine rings is 1. The third kappa shape index (κ3) is 4.15. The molecule has 0 bridgehead atoms. The maximum Gasteiger partial charge on any atom is 0.244 e. The fraction of sp³-hybridized carbons (Fsp3) is 0.429. The second kappa shape index (κ2) is 8.67. The number of benzene rings is 1. The number of aromatic nitrogens is 2. The van der Waals surface area contributed by atoms with Crippen molar-refractivity contribution in [2.75, 3.05) is 20.3 Å². The Labute approximate surface area is 163 Å². The molecule has 4 rings (SSSR count). The molecule has 1 unspecified atom stereocenters. The molecule has 1 aliphatic heterocycles. The molecule has 1 atom stereocenters. The lowest BCUT2D eigenvalue weighted by molar-refractivity contribution is 0.104. The zero-order valence-corrected chi connectivity index (χ0v) is 15.9. The van der Waals surface area contributed by atoms with E-state index in [0.29, 0.717) is 42.6 Å². The molecule has 2 aromatic heterocycles. The first kappa shape index (κ1) is 18.8. The highest BCUT2D eigenvalue weighted by Crippen LogP contribution is 2.32. The monoisotopic (exact) mass is 385 g/mol. The van der Waals surface area contributed by atoms with Crippen LogP contribution in [-0.2, 0) is 17.7 Å². The third-order valence-electron chi connectivity index (χ3n) is 5.07. The Hall–Kier alpha value is -2.51. The van der Waals surface area contributed by atoms with Crippen LogP contribution in [0.15, 0.2) is 45.3 Å². The predicted octanol–water partition coefficient (Wildman–Crippen LogP) is 4.38. The van der Waals surface area contributed by atoms with E-state index in [2.05, 4.69) is 15.0 Å². The molecular formula is C21H24FN3O3. The Morgan fingerprint density at radius 2 is 2.11 bits per heavy atom. The maximum atomic E-state index is 14.0. The third-order valence-corrected chi connectivity index (χ3v) is 5.07. The fourth-order valence-corrected chi connectivity index (χ4v) is 3.63. The summed E-state index contributed by atoms with van der Waals surface area (Å²) in [6, 6.07) is 10.4. The Balaban J connectivity index is 1.48. The average Bonchev–Trinajstić information content (AvgIpc) is 3.37. The van der Waals surface area contributed by atoms with Crippen LogP contribution in [0.5, 0.6) is 0 Å². The summed E-state index contributed by atoms with van der Waals surface area (Å²) in [6.45, 7) is 2.11. The Kier molecular flexibility index (Phi) is 5.83. The number of hydrogen-bond acceptors (Lipinski definition) is 6. The van der Waals surface area contributed by atoms with Crippen molar-refractivity contribution in [1.82, 2.24) is 15.0 Å². The van der Waals surface area contributed by atoms with Gasteiger partial charge in [0.15, 0.2) is 5.82 Å². The van der Waals surface area contributed by atoms with Gasteiger partial charge in [0.1, 0.15) is 17.3 Å². The van der Waals surface area contributed by atoms with Crippen molar-refractivity contribution >= 4 is 0 Å².